The third-order valence-corrected chi connectivity index (χ3v) is 3.47. The molecule has 0 amide bonds. The van der Waals surface area contributed by atoms with E-state index in [0.717, 1.165) is 5.56 Å². The van der Waals surface area contributed by atoms with Crippen molar-refractivity contribution in [1.82, 2.24) is 5.32 Å². The molecule has 22 heavy (non-hydrogen) atoms. The summed E-state index contributed by atoms with van der Waals surface area (Å²) in [6, 6.07) is 10.1. The molecule has 0 spiro atoms. The molecule has 2 aromatic carbocycles. The monoisotopic (exact) mass is 323 g/mol. The third-order valence-electron chi connectivity index (χ3n) is 3.12. The summed E-state index contributed by atoms with van der Waals surface area (Å²) in [6.45, 7) is 3.16. The van der Waals surface area contributed by atoms with Crippen LogP contribution in [-0.4, -0.2) is 13.7 Å². The second-order valence-corrected chi connectivity index (χ2v) is 5.14. The fourth-order valence-corrected chi connectivity index (χ4v) is 2.28. The van der Waals surface area contributed by atoms with Crippen LogP contribution in [0.1, 0.15) is 18.1 Å². The summed E-state index contributed by atoms with van der Waals surface area (Å²) in [5.41, 5.74) is 1.41. The SMILES string of the molecule is CCOc1cc(CNC)c(Cl)cc1OCc1ccccc1F. The van der Waals surface area contributed by atoms with Crippen LogP contribution in [0.3, 0.4) is 0 Å². The topological polar surface area (TPSA) is 30.5 Å². The smallest absolute Gasteiger partial charge is 0.163 e. The van der Waals surface area contributed by atoms with E-state index >= 15 is 0 Å². The van der Waals surface area contributed by atoms with Crippen LogP contribution in [0.25, 0.3) is 0 Å². The molecule has 0 fully saturated rings. The van der Waals surface area contributed by atoms with Crippen molar-refractivity contribution in [3.63, 3.8) is 0 Å². The minimum Gasteiger partial charge on any atom is -0.490 e. The van der Waals surface area contributed by atoms with Crippen LogP contribution in [-0.2, 0) is 13.2 Å². The van der Waals surface area contributed by atoms with Crippen molar-refractivity contribution >= 4 is 11.6 Å². The van der Waals surface area contributed by atoms with Crippen molar-refractivity contribution < 1.29 is 13.9 Å². The molecule has 2 rings (SSSR count). The Morgan fingerprint density at radius 3 is 2.50 bits per heavy atom. The van der Waals surface area contributed by atoms with Gasteiger partial charge in [0.2, 0.25) is 0 Å². The predicted octanol–water partition coefficient (Wildman–Crippen LogP) is 4.18. The van der Waals surface area contributed by atoms with E-state index < -0.39 is 0 Å². The van der Waals surface area contributed by atoms with Gasteiger partial charge in [0.1, 0.15) is 12.4 Å². The number of hydrogen-bond donors (Lipinski definition) is 1. The normalized spacial score (nSPS) is 10.5. The van der Waals surface area contributed by atoms with Crippen LogP contribution in [0.15, 0.2) is 36.4 Å². The molecule has 3 nitrogen and oxygen atoms in total. The first kappa shape index (κ1) is 16.6. The molecule has 0 unspecified atom stereocenters. The Balaban J connectivity index is 2.22. The van der Waals surface area contributed by atoms with Gasteiger partial charge in [-0.15, -0.1) is 0 Å². The molecule has 5 heteroatoms. The largest absolute Gasteiger partial charge is 0.490 e. The van der Waals surface area contributed by atoms with E-state index in [4.69, 9.17) is 21.1 Å². The molecule has 118 valence electrons. The fourth-order valence-electron chi connectivity index (χ4n) is 2.06. The molecule has 0 aliphatic rings. The number of benzene rings is 2. The van der Waals surface area contributed by atoms with Crippen molar-refractivity contribution in [2.24, 2.45) is 0 Å². The lowest BCUT2D eigenvalue weighted by Gasteiger charge is -2.15. The average Bonchev–Trinajstić information content (AvgIpc) is 2.50. The van der Waals surface area contributed by atoms with Crippen LogP contribution >= 0.6 is 11.6 Å². The van der Waals surface area contributed by atoms with E-state index in [0.29, 0.717) is 35.2 Å². The molecular formula is C17H19ClFNO2. The second-order valence-electron chi connectivity index (χ2n) is 4.73. The van der Waals surface area contributed by atoms with E-state index in [2.05, 4.69) is 5.32 Å². The van der Waals surface area contributed by atoms with Crippen LogP contribution < -0.4 is 14.8 Å². The number of ether oxygens (including phenoxy) is 2. The minimum atomic E-state index is -0.293. The Bertz CT molecular complexity index is 634. The van der Waals surface area contributed by atoms with Gasteiger partial charge in [-0.1, -0.05) is 29.8 Å². The lowest BCUT2D eigenvalue weighted by atomic mass is 10.2. The first-order chi connectivity index (χ1) is 10.7. The van der Waals surface area contributed by atoms with Gasteiger partial charge < -0.3 is 14.8 Å². The summed E-state index contributed by atoms with van der Waals surface area (Å²) in [4.78, 5) is 0. The van der Waals surface area contributed by atoms with Gasteiger partial charge >= 0.3 is 0 Å². The fraction of sp³-hybridized carbons (Fsp3) is 0.294. The molecule has 0 radical (unpaired) electrons. The van der Waals surface area contributed by atoms with Crippen molar-refractivity contribution in [3.8, 4) is 11.5 Å². The van der Waals surface area contributed by atoms with Gasteiger partial charge in [0.05, 0.1) is 6.61 Å². The molecule has 0 saturated carbocycles. The molecular weight excluding hydrogens is 305 g/mol. The Labute approximate surface area is 135 Å². The second kappa shape index (κ2) is 8.01. The molecule has 1 N–H and O–H groups in total. The van der Waals surface area contributed by atoms with E-state index in [1.807, 2.05) is 20.0 Å². The summed E-state index contributed by atoms with van der Waals surface area (Å²) < 4.78 is 24.9. The van der Waals surface area contributed by atoms with Crippen molar-refractivity contribution in [3.05, 3.63) is 58.4 Å². The van der Waals surface area contributed by atoms with Gasteiger partial charge in [-0.2, -0.15) is 0 Å². The number of rotatable bonds is 7. The molecule has 0 atom stereocenters. The molecule has 0 aliphatic carbocycles. The molecule has 0 heterocycles. The maximum Gasteiger partial charge on any atom is 0.163 e. The summed E-state index contributed by atoms with van der Waals surface area (Å²) in [7, 11) is 1.85. The highest BCUT2D eigenvalue weighted by Crippen LogP contribution is 2.34. The summed E-state index contributed by atoms with van der Waals surface area (Å²) in [5.74, 6) is 0.821. The maximum atomic E-state index is 13.6. The number of hydrogen-bond acceptors (Lipinski definition) is 3. The highest BCUT2D eigenvalue weighted by Gasteiger charge is 2.12. The highest BCUT2D eigenvalue weighted by molar-refractivity contribution is 6.31. The quantitative estimate of drug-likeness (QED) is 0.829. The van der Waals surface area contributed by atoms with Crippen molar-refractivity contribution in [2.75, 3.05) is 13.7 Å². The van der Waals surface area contributed by atoms with Crippen molar-refractivity contribution in [2.45, 2.75) is 20.1 Å². The van der Waals surface area contributed by atoms with Gasteiger partial charge in [-0.3, -0.25) is 0 Å². The Hall–Kier alpha value is -1.78. The van der Waals surface area contributed by atoms with Gasteiger partial charge in [0, 0.05) is 23.2 Å². The van der Waals surface area contributed by atoms with Gasteiger partial charge in [0.15, 0.2) is 11.5 Å². The maximum absolute atomic E-state index is 13.6. The van der Waals surface area contributed by atoms with E-state index in [-0.39, 0.29) is 12.4 Å². The Morgan fingerprint density at radius 2 is 1.82 bits per heavy atom. The number of nitrogens with one attached hydrogen (secondary N) is 1. The Kier molecular flexibility index (Phi) is 6.04. The van der Waals surface area contributed by atoms with Gasteiger partial charge in [-0.05, 0) is 31.7 Å². The van der Waals surface area contributed by atoms with E-state index in [1.165, 1.54) is 6.07 Å². The lowest BCUT2D eigenvalue weighted by molar-refractivity contribution is 0.265. The van der Waals surface area contributed by atoms with E-state index in [9.17, 15) is 4.39 Å². The first-order valence-electron chi connectivity index (χ1n) is 7.11. The third kappa shape index (κ3) is 4.12. The highest BCUT2D eigenvalue weighted by atomic mass is 35.5. The average molecular weight is 324 g/mol. The number of halogens is 2. The van der Waals surface area contributed by atoms with Crippen LogP contribution in [0.5, 0.6) is 11.5 Å². The zero-order valence-corrected chi connectivity index (χ0v) is 13.4. The molecule has 0 aliphatic heterocycles. The van der Waals surface area contributed by atoms with Crippen LogP contribution in [0.4, 0.5) is 4.39 Å². The Morgan fingerprint density at radius 1 is 1.09 bits per heavy atom. The van der Waals surface area contributed by atoms with Crippen LogP contribution in [0.2, 0.25) is 5.02 Å². The molecule has 2 aromatic rings. The zero-order chi connectivity index (χ0) is 15.9. The van der Waals surface area contributed by atoms with Crippen LogP contribution in [0, 0.1) is 5.82 Å². The summed E-state index contributed by atoms with van der Waals surface area (Å²) in [5, 5.41) is 3.63. The standard InChI is InChI=1S/C17H19ClFNO2/c1-3-21-16-8-13(10-20-2)14(18)9-17(16)22-11-12-6-4-5-7-15(12)19/h4-9,20H,3,10-11H2,1-2H3. The lowest BCUT2D eigenvalue weighted by Crippen LogP contribution is -2.07. The molecule has 0 aromatic heterocycles. The van der Waals surface area contributed by atoms with Crippen molar-refractivity contribution in [1.29, 1.82) is 0 Å². The summed E-state index contributed by atoms with van der Waals surface area (Å²) in [6.07, 6.45) is 0. The molecule has 0 bridgehead atoms. The van der Waals surface area contributed by atoms with E-state index in [1.54, 1.807) is 24.3 Å². The molecule has 0 saturated heterocycles. The zero-order valence-electron chi connectivity index (χ0n) is 12.7. The van der Waals surface area contributed by atoms with Gasteiger partial charge in [-0.25, -0.2) is 4.39 Å². The summed E-state index contributed by atoms with van der Waals surface area (Å²) >= 11 is 6.24. The van der Waals surface area contributed by atoms with Gasteiger partial charge in [0.25, 0.3) is 0 Å². The minimum absolute atomic E-state index is 0.119. The predicted molar refractivity (Wildman–Crippen MR) is 86.1 cm³/mol. The first-order valence-corrected chi connectivity index (χ1v) is 7.49.